The maximum Gasteiger partial charge on any atom is 0.260 e. The topological polar surface area (TPSA) is 60.9 Å². The Bertz CT molecular complexity index is 678. The van der Waals surface area contributed by atoms with Crippen molar-refractivity contribution in [2.75, 3.05) is 26.4 Å². The van der Waals surface area contributed by atoms with Crippen molar-refractivity contribution in [3.05, 3.63) is 48.7 Å². The summed E-state index contributed by atoms with van der Waals surface area (Å²) >= 11 is 0. The summed E-state index contributed by atoms with van der Waals surface area (Å²) in [6.45, 7) is 3.71. The van der Waals surface area contributed by atoms with Crippen LogP contribution < -0.4 is 9.47 Å². The van der Waals surface area contributed by atoms with Crippen LogP contribution in [-0.4, -0.2) is 48.2 Å². The summed E-state index contributed by atoms with van der Waals surface area (Å²) in [5.74, 6) is 1.66. The van der Waals surface area contributed by atoms with Gasteiger partial charge in [0.1, 0.15) is 11.5 Å². The highest BCUT2D eigenvalue weighted by Gasteiger charge is 2.23. The molecule has 1 aromatic carbocycles. The molecule has 0 aliphatic carbocycles. The number of hydrogen-bond donors (Lipinski definition) is 0. The molecule has 1 aromatic heterocycles. The van der Waals surface area contributed by atoms with Crippen LogP contribution in [-0.2, 0) is 9.53 Å². The lowest BCUT2D eigenvalue weighted by molar-refractivity contribution is -0.141. The molecule has 126 valence electrons. The van der Waals surface area contributed by atoms with Gasteiger partial charge >= 0.3 is 0 Å². The van der Waals surface area contributed by atoms with Gasteiger partial charge in [-0.25, -0.2) is 4.98 Å². The highest BCUT2D eigenvalue weighted by molar-refractivity contribution is 5.78. The Morgan fingerprint density at radius 1 is 1.29 bits per heavy atom. The fourth-order valence-electron chi connectivity index (χ4n) is 2.48. The molecule has 6 nitrogen and oxygen atoms in total. The van der Waals surface area contributed by atoms with Crippen molar-refractivity contribution < 1.29 is 19.0 Å². The van der Waals surface area contributed by atoms with Gasteiger partial charge in [0, 0.05) is 24.9 Å². The summed E-state index contributed by atoms with van der Waals surface area (Å²) in [4.78, 5) is 18.2. The van der Waals surface area contributed by atoms with Crippen molar-refractivity contribution in [3.63, 3.8) is 0 Å². The smallest absolute Gasteiger partial charge is 0.260 e. The Hall–Kier alpha value is -2.60. The van der Waals surface area contributed by atoms with Crippen molar-refractivity contribution in [2.24, 2.45) is 0 Å². The zero-order chi connectivity index (χ0) is 16.8. The van der Waals surface area contributed by atoms with Crippen molar-refractivity contribution in [3.8, 4) is 17.4 Å². The van der Waals surface area contributed by atoms with E-state index in [4.69, 9.17) is 14.2 Å². The van der Waals surface area contributed by atoms with Gasteiger partial charge in [0.05, 0.1) is 19.3 Å². The van der Waals surface area contributed by atoms with Gasteiger partial charge in [-0.1, -0.05) is 12.1 Å². The number of hydrogen-bond acceptors (Lipinski definition) is 5. The lowest BCUT2D eigenvalue weighted by Gasteiger charge is -2.33. The first kappa shape index (κ1) is 16.3. The van der Waals surface area contributed by atoms with Gasteiger partial charge in [0.25, 0.3) is 5.91 Å². The fraction of sp³-hybridized carbons (Fsp3) is 0.333. The predicted octanol–water partition coefficient (Wildman–Crippen LogP) is 2.50. The van der Waals surface area contributed by atoms with Crippen LogP contribution in [0.25, 0.3) is 0 Å². The average molecular weight is 328 g/mol. The van der Waals surface area contributed by atoms with E-state index in [1.54, 1.807) is 29.3 Å². The SMILES string of the molecule is C[C@@H]1COCCN1C(=O)COc1cccc(Oc2ccccn2)c1. The number of morpholine rings is 1. The minimum Gasteiger partial charge on any atom is -0.484 e. The van der Waals surface area contributed by atoms with Crippen LogP contribution in [0.4, 0.5) is 0 Å². The molecule has 1 aliphatic heterocycles. The summed E-state index contributed by atoms with van der Waals surface area (Å²) in [6, 6.07) is 12.7. The number of carbonyl (C=O) groups is 1. The molecule has 1 atom stereocenters. The molecule has 2 aromatic rings. The molecule has 1 amide bonds. The second kappa shape index (κ2) is 7.79. The van der Waals surface area contributed by atoms with Gasteiger partial charge in [-0.15, -0.1) is 0 Å². The maximum atomic E-state index is 12.3. The quantitative estimate of drug-likeness (QED) is 0.844. The third-order valence-electron chi connectivity index (χ3n) is 3.72. The van der Waals surface area contributed by atoms with Crippen molar-refractivity contribution in [2.45, 2.75) is 13.0 Å². The van der Waals surface area contributed by atoms with Gasteiger partial charge in [-0.05, 0) is 25.1 Å². The Morgan fingerprint density at radius 3 is 2.96 bits per heavy atom. The van der Waals surface area contributed by atoms with Gasteiger partial charge in [-0.3, -0.25) is 4.79 Å². The summed E-state index contributed by atoms with van der Waals surface area (Å²) in [5.41, 5.74) is 0. The van der Waals surface area contributed by atoms with Crippen LogP contribution in [0.5, 0.6) is 17.4 Å². The zero-order valence-electron chi connectivity index (χ0n) is 13.6. The van der Waals surface area contributed by atoms with Crippen molar-refractivity contribution >= 4 is 5.91 Å². The first-order valence-electron chi connectivity index (χ1n) is 7.91. The van der Waals surface area contributed by atoms with E-state index >= 15 is 0 Å². The Labute approximate surface area is 141 Å². The minimum absolute atomic E-state index is 0.00260. The molecular formula is C18H20N2O4. The third-order valence-corrected chi connectivity index (χ3v) is 3.72. The monoisotopic (exact) mass is 328 g/mol. The van der Waals surface area contributed by atoms with Crippen molar-refractivity contribution in [1.82, 2.24) is 9.88 Å². The third kappa shape index (κ3) is 4.23. The van der Waals surface area contributed by atoms with Crippen LogP contribution in [0.1, 0.15) is 6.92 Å². The number of nitrogens with zero attached hydrogens (tertiary/aromatic N) is 2. The molecule has 1 fully saturated rings. The predicted molar refractivity (Wildman–Crippen MR) is 88.2 cm³/mol. The summed E-state index contributed by atoms with van der Waals surface area (Å²) < 4.78 is 16.6. The van der Waals surface area contributed by atoms with Gasteiger partial charge in [-0.2, -0.15) is 0 Å². The summed E-state index contributed by atoms with van der Waals surface area (Å²) in [7, 11) is 0. The zero-order valence-corrected chi connectivity index (χ0v) is 13.6. The largest absolute Gasteiger partial charge is 0.484 e. The number of amides is 1. The van der Waals surface area contributed by atoms with Gasteiger partial charge in [0.15, 0.2) is 6.61 Å². The fourth-order valence-corrected chi connectivity index (χ4v) is 2.48. The molecule has 0 spiro atoms. The van der Waals surface area contributed by atoms with E-state index in [1.807, 2.05) is 31.2 Å². The van der Waals surface area contributed by atoms with E-state index in [2.05, 4.69) is 4.98 Å². The van der Waals surface area contributed by atoms with Crippen molar-refractivity contribution in [1.29, 1.82) is 0 Å². The molecule has 2 heterocycles. The van der Waals surface area contributed by atoms with Crippen LogP contribution in [0.15, 0.2) is 48.7 Å². The second-order valence-electron chi connectivity index (χ2n) is 5.54. The molecular weight excluding hydrogens is 308 g/mol. The molecule has 0 N–H and O–H groups in total. The number of rotatable bonds is 5. The molecule has 0 radical (unpaired) electrons. The molecule has 24 heavy (non-hydrogen) atoms. The number of benzene rings is 1. The first-order chi connectivity index (χ1) is 11.7. The van der Waals surface area contributed by atoms with Crippen LogP contribution in [0, 0.1) is 0 Å². The number of carbonyl (C=O) groups excluding carboxylic acids is 1. The molecule has 0 unspecified atom stereocenters. The normalized spacial score (nSPS) is 17.4. The van der Waals surface area contributed by atoms with E-state index in [0.29, 0.717) is 37.1 Å². The number of pyridine rings is 1. The van der Waals surface area contributed by atoms with Crippen LogP contribution >= 0.6 is 0 Å². The van der Waals surface area contributed by atoms with E-state index < -0.39 is 0 Å². The maximum absolute atomic E-state index is 12.3. The highest BCUT2D eigenvalue weighted by Crippen LogP contribution is 2.23. The van der Waals surface area contributed by atoms with Gasteiger partial charge in [0.2, 0.25) is 5.88 Å². The van der Waals surface area contributed by atoms with Crippen LogP contribution in [0.3, 0.4) is 0 Å². The number of aromatic nitrogens is 1. The van der Waals surface area contributed by atoms with E-state index in [-0.39, 0.29) is 18.6 Å². The van der Waals surface area contributed by atoms with E-state index in [1.165, 1.54) is 0 Å². The van der Waals surface area contributed by atoms with Gasteiger partial charge < -0.3 is 19.1 Å². The lowest BCUT2D eigenvalue weighted by atomic mass is 10.2. The molecule has 1 aliphatic rings. The Morgan fingerprint density at radius 2 is 2.17 bits per heavy atom. The molecule has 3 rings (SSSR count). The Kier molecular flexibility index (Phi) is 5.28. The average Bonchev–Trinajstić information content (AvgIpc) is 2.61. The van der Waals surface area contributed by atoms with E-state index in [0.717, 1.165) is 0 Å². The Balaban J connectivity index is 1.57. The molecule has 0 saturated carbocycles. The first-order valence-corrected chi connectivity index (χ1v) is 7.91. The van der Waals surface area contributed by atoms with Crippen LogP contribution in [0.2, 0.25) is 0 Å². The van der Waals surface area contributed by atoms with E-state index in [9.17, 15) is 4.79 Å². The summed E-state index contributed by atoms with van der Waals surface area (Å²) in [6.07, 6.45) is 1.66. The minimum atomic E-state index is -0.0400. The standard InChI is InChI=1S/C18H20N2O4/c1-14-12-22-10-9-20(14)18(21)13-23-15-5-4-6-16(11-15)24-17-7-2-3-8-19-17/h2-8,11,14H,9-10,12-13H2,1H3/t14-/m1/s1. The highest BCUT2D eigenvalue weighted by atomic mass is 16.5. The lowest BCUT2D eigenvalue weighted by Crippen LogP contribution is -2.48. The summed E-state index contributed by atoms with van der Waals surface area (Å²) in [5, 5.41) is 0. The number of ether oxygens (including phenoxy) is 3. The second-order valence-corrected chi connectivity index (χ2v) is 5.54. The molecule has 1 saturated heterocycles. The molecule has 6 heteroatoms. The molecule has 0 bridgehead atoms.